The van der Waals surface area contributed by atoms with Gasteiger partial charge in [0.1, 0.15) is 11.5 Å². The Bertz CT molecular complexity index is 1250. The number of fused-ring (bicyclic) bond motifs is 1. The predicted molar refractivity (Wildman–Crippen MR) is 125 cm³/mol. The summed E-state index contributed by atoms with van der Waals surface area (Å²) in [5, 5.41) is 9.12. The number of halogens is 2. The van der Waals surface area contributed by atoms with E-state index < -0.39 is 15.8 Å². The average molecular weight is 496 g/mol. The summed E-state index contributed by atoms with van der Waals surface area (Å²) in [6, 6.07) is 3.80. The lowest BCUT2D eigenvalue weighted by Gasteiger charge is -2.18. The summed E-state index contributed by atoms with van der Waals surface area (Å²) in [6.45, 7) is 1.65. The molecule has 0 aliphatic carbocycles. The third kappa shape index (κ3) is 5.80. The van der Waals surface area contributed by atoms with Gasteiger partial charge in [0.15, 0.2) is 17.5 Å². The first-order valence-electron chi connectivity index (χ1n) is 9.78. The van der Waals surface area contributed by atoms with Crippen LogP contribution in [0.15, 0.2) is 30.7 Å². The standard InChI is InChI=1S/C19H22FN9O2S.ClH/c1-29(32(2,30)31)18-15(22-7-8-23-18)11-24-17-13(20)10-25-19(28-17)27-16-4-3-12-9-21-6-5-14(12)26-16;/h3-4,7-8,10,21H,5-6,9,11H2,1-2H3,(H2,24,25,26,27,28);1H. The highest BCUT2D eigenvalue weighted by Gasteiger charge is 2.19. The molecule has 0 saturated carbocycles. The molecule has 0 saturated heterocycles. The maximum atomic E-state index is 14.3. The topological polar surface area (TPSA) is 138 Å². The van der Waals surface area contributed by atoms with Crippen LogP contribution in [0, 0.1) is 5.82 Å². The fourth-order valence-electron chi connectivity index (χ4n) is 3.14. The van der Waals surface area contributed by atoms with Gasteiger partial charge in [-0.05, 0) is 11.6 Å². The second kappa shape index (κ2) is 10.2. The second-order valence-corrected chi connectivity index (χ2v) is 9.17. The number of pyridine rings is 1. The molecule has 1 aliphatic heterocycles. The van der Waals surface area contributed by atoms with Crippen LogP contribution in [0.4, 0.5) is 27.8 Å². The van der Waals surface area contributed by atoms with Crippen LogP contribution in [0.5, 0.6) is 0 Å². The summed E-state index contributed by atoms with van der Waals surface area (Å²) >= 11 is 0. The van der Waals surface area contributed by atoms with Crippen LogP contribution in [0.2, 0.25) is 0 Å². The van der Waals surface area contributed by atoms with Crippen LogP contribution in [0.25, 0.3) is 0 Å². The zero-order chi connectivity index (χ0) is 22.7. The van der Waals surface area contributed by atoms with E-state index in [1.807, 2.05) is 12.1 Å². The van der Waals surface area contributed by atoms with Gasteiger partial charge in [-0.25, -0.2) is 27.8 Å². The molecule has 0 atom stereocenters. The van der Waals surface area contributed by atoms with Gasteiger partial charge in [0, 0.05) is 44.6 Å². The van der Waals surface area contributed by atoms with Crippen molar-refractivity contribution in [3.63, 3.8) is 0 Å². The first kappa shape index (κ1) is 24.5. The zero-order valence-electron chi connectivity index (χ0n) is 17.9. The molecule has 4 rings (SSSR count). The summed E-state index contributed by atoms with van der Waals surface area (Å²) < 4.78 is 39.0. The highest BCUT2D eigenvalue weighted by atomic mass is 35.5. The Balaban J connectivity index is 0.00000306. The minimum absolute atomic E-state index is 0. The summed E-state index contributed by atoms with van der Waals surface area (Å²) in [5.41, 5.74) is 2.46. The van der Waals surface area contributed by atoms with E-state index in [1.165, 1.54) is 19.4 Å². The first-order chi connectivity index (χ1) is 15.3. The van der Waals surface area contributed by atoms with Crippen molar-refractivity contribution in [1.82, 2.24) is 30.2 Å². The second-order valence-electron chi connectivity index (χ2n) is 7.15. The Morgan fingerprint density at radius 3 is 2.76 bits per heavy atom. The Morgan fingerprint density at radius 2 is 1.97 bits per heavy atom. The molecule has 0 unspecified atom stereocenters. The van der Waals surface area contributed by atoms with Crippen LogP contribution in [-0.2, 0) is 29.5 Å². The van der Waals surface area contributed by atoms with Crippen molar-refractivity contribution in [1.29, 1.82) is 0 Å². The van der Waals surface area contributed by atoms with Crippen LogP contribution in [0.1, 0.15) is 17.0 Å². The molecule has 0 fully saturated rings. The van der Waals surface area contributed by atoms with E-state index in [2.05, 4.69) is 40.9 Å². The average Bonchev–Trinajstić information content (AvgIpc) is 2.78. The summed E-state index contributed by atoms with van der Waals surface area (Å²) in [4.78, 5) is 21.0. The maximum absolute atomic E-state index is 14.3. The Morgan fingerprint density at radius 1 is 1.18 bits per heavy atom. The lowest BCUT2D eigenvalue weighted by Crippen LogP contribution is -2.27. The van der Waals surface area contributed by atoms with Gasteiger partial charge in [0.05, 0.1) is 19.0 Å². The van der Waals surface area contributed by atoms with Gasteiger partial charge in [0.25, 0.3) is 0 Å². The van der Waals surface area contributed by atoms with Crippen LogP contribution in [0.3, 0.4) is 0 Å². The number of nitrogens with zero attached hydrogens (tertiary/aromatic N) is 6. The van der Waals surface area contributed by atoms with Gasteiger partial charge in [-0.2, -0.15) is 4.98 Å². The fraction of sp³-hybridized carbons (Fsp3) is 0.316. The lowest BCUT2D eigenvalue weighted by atomic mass is 10.1. The normalized spacial score (nSPS) is 12.9. The molecule has 0 amide bonds. The molecule has 11 nitrogen and oxygen atoms in total. The van der Waals surface area contributed by atoms with Crippen molar-refractivity contribution in [2.45, 2.75) is 19.5 Å². The van der Waals surface area contributed by atoms with E-state index >= 15 is 0 Å². The smallest absolute Gasteiger partial charge is 0.233 e. The van der Waals surface area contributed by atoms with Crippen molar-refractivity contribution < 1.29 is 12.8 Å². The molecular weight excluding hydrogens is 473 g/mol. The van der Waals surface area contributed by atoms with E-state index in [9.17, 15) is 12.8 Å². The van der Waals surface area contributed by atoms with Crippen molar-refractivity contribution in [2.75, 3.05) is 34.8 Å². The minimum Gasteiger partial charge on any atom is -0.362 e. The highest BCUT2D eigenvalue weighted by Crippen LogP contribution is 2.21. The predicted octanol–water partition coefficient (Wildman–Crippen LogP) is 1.62. The van der Waals surface area contributed by atoms with Crippen LogP contribution < -0.4 is 20.3 Å². The number of hydrogen-bond donors (Lipinski definition) is 3. The molecule has 4 heterocycles. The maximum Gasteiger partial charge on any atom is 0.233 e. The van der Waals surface area contributed by atoms with Crippen molar-refractivity contribution in [2.24, 2.45) is 0 Å². The Hall–Kier alpha value is -3.16. The van der Waals surface area contributed by atoms with Crippen molar-refractivity contribution >= 4 is 45.8 Å². The molecule has 1 aliphatic rings. The monoisotopic (exact) mass is 495 g/mol. The molecule has 0 aromatic carbocycles. The summed E-state index contributed by atoms with van der Waals surface area (Å²) in [5.74, 6) is 0.144. The van der Waals surface area contributed by atoms with Gasteiger partial charge in [-0.1, -0.05) is 6.07 Å². The van der Waals surface area contributed by atoms with E-state index in [0.717, 1.165) is 47.5 Å². The molecule has 0 radical (unpaired) electrons. The van der Waals surface area contributed by atoms with E-state index in [4.69, 9.17) is 0 Å². The highest BCUT2D eigenvalue weighted by molar-refractivity contribution is 7.92. The largest absolute Gasteiger partial charge is 0.362 e. The Kier molecular flexibility index (Phi) is 7.56. The third-order valence-corrected chi connectivity index (χ3v) is 6.05. The van der Waals surface area contributed by atoms with E-state index in [0.29, 0.717) is 11.5 Å². The number of anilines is 4. The first-order valence-corrected chi connectivity index (χ1v) is 11.6. The van der Waals surface area contributed by atoms with Gasteiger partial charge >= 0.3 is 0 Å². The number of hydrogen-bond acceptors (Lipinski definition) is 10. The van der Waals surface area contributed by atoms with E-state index in [-0.39, 0.29) is 36.5 Å². The number of sulfonamides is 1. The van der Waals surface area contributed by atoms with Gasteiger partial charge < -0.3 is 16.0 Å². The number of aromatic nitrogens is 5. The molecule has 0 spiro atoms. The molecule has 3 aromatic rings. The fourth-order valence-corrected chi connectivity index (χ4v) is 3.61. The van der Waals surface area contributed by atoms with Crippen molar-refractivity contribution in [3.05, 3.63) is 53.5 Å². The SMILES string of the molecule is CN(c1nccnc1CNc1nc(Nc2ccc3c(n2)CCNC3)ncc1F)S(C)(=O)=O.Cl. The lowest BCUT2D eigenvalue weighted by molar-refractivity contribution is 0.599. The molecular formula is C19H23ClFN9O2S. The van der Waals surface area contributed by atoms with Gasteiger partial charge in [0.2, 0.25) is 16.0 Å². The van der Waals surface area contributed by atoms with Crippen LogP contribution in [-0.4, -0.2) is 53.2 Å². The van der Waals surface area contributed by atoms with Gasteiger partial charge in [-0.3, -0.25) is 9.29 Å². The van der Waals surface area contributed by atoms with Crippen LogP contribution >= 0.6 is 12.4 Å². The Labute approximate surface area is 196 Å². The molecule has 3 aromatic heterocycles. The molecule has 0 bridgehead atoms. The molecule has 33 heavy (non-hydrogen) atoms. The zero-order valence-corrected chi connectivity index (χ0v) is 19.5. The number of rotatable bonds is 7. The summed E-state index contributed by atoms with van der Waals surface area (Å²) in [6.07, 6.45) is 5.74. The minimum atomic E-state index is -3.54. The molecule has 3 N–H and O–H groups in total. The van der Waals surface area contributed by atoms with E-state index in [1.54, 1.807) is 0 Å². The number of nitrogens with one attached hydrogen (secondary N) is 3. The van der Waals surface area contributed by atoms with Crippen molar-refractivity contribution in [3.8, 4) is 0 Å². The third-order valence-electron chi connectivity index (χ3n) is 4.88. The molecule has 176 valence electrons. The quantitative estimate of drug-likeness (QED) is 0.443. The summed E-state index contributed by atoms with van der Waals surface area (Å²) in [7, 11) is -2.16. The molecule has 14 heteroatoms. The van der Waals surface area contributed by atoms with Gasteiger partial charge in [-0.15, -0.1) is 12.4 Å².